The third-order valence-electron chi connectivity index (χ3n) is 5.06. The van der Waals surface area contributed by atoms with Crippen LogP contribution in [0.5, 0.6) is 0 Å². The number of nitrogens with one attached hydrogen (secondary N) is 1. The number of nitro groups is 1. The summed E-state index contributed by atoms with van der Waals surface area (Å²) in [6.07, 6.45) is 3.25. The molecule has 4 rings (SSSR count). The van der Waals surface area contributed by atoms with Crippen molar-refractivity contribution in [1.82, 2.24) is 10.5 Å². The Bertz CT molecular complexity index is 1030. The van der Waals surface area contributed by atoms with Gasteiger partial charge in [0, 0.05) is 43.3 Å². The van der Waals surface area contributed by atoms with Crippen molar-refractivity contribution in [3.8, 4) is 11.8 Å². The minimum Gasteiger partial charge on any atom is -0.351 e. The summed E-state index contributed by atoms with van der Waals surface area (Å²) in [5.41, 5.74) is 4.48. The number of hydrogen-bond acceptors (Lipinski definition) is 6. The van der Waals surface area contributed by atoms with Gasteiger partial charge < -0.3 is 4.90 Å². The molecule has 2 aliphatic rings. The van der Waals surface area contributed by atoms with Crippen molar-refractivity contribution < 1.29 is 14.2 Å². The number of aryl methyl sites for hydroxylation is 1. The summed E-state index contributed by atoms with van der Waals surface area (Å²) < 4.78 is 13.0. The minimum atomic E-state index is -0.498. The largest absolute Gasteiger partial charge is 0.351 e. The van der Waals surface area contributed by atoms with Gasteiger partial charge in [-0.15, -0.1) is 0 Å². The fourth-order valence-electron chi connectivity index (χ4n) is 3.47. The lowest BCUT2D eigenvalue weighted by atomic mass is 9.91. The van der Waals surface area contributed by atoms with Crippen LogP contribution in [0.25, 0.3) is 0 Å². The van der Waals surface area contributed by atoms with E-state index in [0.29, 0.717) is 43.0 Å². The number of anilines is 1. The standard InChI is InChI=1S/C21H19FN4O3/c1-15-2-9-19(26(27)28)20(23-15)25-12-10-21(11-13-25)14-18(24-29-21)8-5-16-3-6-17(22)7-4-16/h2-4,6-7,9,14,24H,10-13H2,1H3. The van der Waals surface area contributed by atoms with Crippen molar-refractivity contribution in [1.29, 1.82) is 0 Å². The summed E-state index contributed by atoms with van der Waals surface area (Å²) in [5, 5.41) is 11.3. The van der Waals surface area contributed by atoms with Gasteiger partial charge in [-0.1, -0.05) is 5.92 Å². The fraction of sp³-hybridized carbons (Fsp3) is 0.286. The van der Waals surface area contributed by atoms with Gasteiger partial charge in [-0.05, 0) is 49.3 Å². The highest BCUT2D eigenvalue weighted by Gasteiger charge is 2.39. The second-order valence-electron chi connectivity index (χ2n) is 7.12. The average molecular weight is 394 g/mol. The quantitative estimate of drug-likeness (QED) is 0.479. The second-order valence-corrected chi connectivity index (χ2v) is 7.12. The minimum absolute atomic E-state index is 0.0124. The molecule has 1 saturated heterocycles. The van der Waals surface area contributed by atoms with Crippen LogP contribution in [-0.2, 0) is 4.84 Å². The summed E-state index contributed by atoms with van der Waals surface area (Å²) in [5.74, 6) is 6.07. The van der Waals surface area contributed by atoms with Crippen LogP contribution < -0.4 is 10.4 Å². The molecule has 0 atom stereocenters. The summed E-state index contributed by atoms with van der Waals surface area (Å²) in [6.45, 7) is 2.97. The van der Waals surface area contributed by atoms with Crippen LogP contribution in [0.2, 0.25) is 0 Å². The Morgan fingerprint density at radius 2 is 1.93 bits per heavy atom. The first kappa shape index (κ1) is 18.9. The zero-order valence-electron chi connectivity index (χ0n) is 15.8. The zero-order valence-corrected chi connectivity index (χ0v) is 15.8. The highest BCUT2D eigenvalue weighted by molar-refractivity contribution is 5.58. The number of halogens is 1. The monoisotopic (exact) mass is 394 g/mol. The van der Waals surface area contributed by atoms with Crippen LogP contribution in [0.4, 0.5) is 15.9 Å². The number of nitrogens with zero attached hydrogens (tertiary/aromatic N) is 3. The maximum Gasteiger partial charge on any atom is 0.311 e. The molecule has 8 heteroatoms. The van der Waals surface area contributed by atoms with Crippen LogP contribution in [0.1, 0.15) is 24.1 Å². The van der Waals surface area contributed by atoms with Gasteiger partial charge in [0.1, 0.15) is 17.1 Å². The van der Waals surface area contributed by atoms with Crippen LogP contribution >= 0.6 is 0 Å². The first-order valence-electron chi connectivity index (χ1n) is 9.26. The van der Waals surface area contributed by atoms with E-state index in [2.05, 4.69) is 22.3 Å². The number of pyridine rings is 1. The summed E-state index contributed by atoms with van der Waals surface area (Å²) >= 11 is 0. The van der Waals surface area contributed by atoms with Gasteiger partial charge in [0.05, 0.1) is 4.92 Å². The average Bonchev–Trinajstić information content (AvgIpc) is 3.10. The molecule has 1 aromatic heterocycles. The van der Waals surface area contributed by atoms with Crippen molar-refractivity contribution >= 4 is 11.5 Å². The predicted molar refractivity (Wildman–Crippen MR) is 105 cm³/mol. The molecule has 0 aliphatic carbocycles. The molecule has 1 spiro atoms. The summed E-state index contributed by atoms with van der Waals surface area (Å²) in [7, 11) is 0. The fourth-order valence-corrected chi connectivity index (χ4v) is 3.47. The summed E-state index contributed by atoms with van der Waals surface area (Å²) in [4.78, 5) is 23.0. The second kappa shape index (κ2) is 7.53. The lowest BCUT2D eigenvalue weighted by Crippen LogP contribution is -2.45. The Morgan fingerprint density at radius 3 is 2.62 bits per heavy atom. The van der Waals surface area contributed by atoms with Crippen molar-refractivity contribution in [3.05, 3.63) is 75.4 Å². The van der Waals surface area contributed by atoms with Crippen molar-refractivity contribution in [2.75, 3.05) is 18.0 Å². The lowest BCUT2D eigenvalue weighted by molar-refractivity contribution is -0.384. The van der Waals surface area contributed by atoms with E-state index in [9.17, 15) is 14.5 Å². The van der Waals surface area contributed by atoms with Gasteiger partial charge in [0.25, 0.3) is 0 Å². The number of piperidine rings is 1. The molecule has 0 unspecified atom stereocenters. The van der Waals surface area contributed by atoms with Crippen molar-refractivity contribution in [2.45, 2.75) is 25.4 Å². The van der Waals surface area contributed by atoms with Gasteiger partial charge in [-0.25, -0.2) is 9.37 Å². The van der Waals surface area contributed by atoms with E-state index in [4.69, 9.17) is 4.84 Å². The molecule has 7 nitrogen and oxygen atoms in total. The number of aromatic nitrogens is 1. The molecule has 0 radical (unpaired) electrons. The number of rotatable bonds is 2. The van der Waals surface area contributed by atoms with Gasteiger partial charge in [-0.3, -0.25) is 20.4 Å². The molecule has 1 aromatic carbocycles. The predicted octanol–water partition coefficient (Wildman–Crippen LogP) is 3.25. The molecular weight excluding hydrogens is 375 g/mol. The van der Waals surface area contributed by atoms with Crippen LogP contribution in [0.15, 0.2) is 48.2 Å². The Balaban J connectivity index is 1.47. The molecule has 0 bridgehead atoms. The van der Waals surface area contributed by atoms with Gasteiger partial charge in [0.15, 0.2) is 0 Å². The third-order valence-corrected chi connectivity index (χ3v) is 5.06. The third kappa shape index (κ3) is 4.05. The van der Waals surface area contributed by atoms with E-state index in [1.165, 1.54) is 18.2 Å². The maximum atomic E-state index is 13.0. The van der Waals surface area contributed by atoms with Gasteiger partial charge >= 0.3 is 5.69 Å². The molecule has 1 fully saturated rings. The Hall–Kier alpha value is -3.44. The molecule has 0 amide bonds. The maximum absolute atomic E-state index is 13.0. The number of allylic oxidation sites excluding steroid dienone is 1. The van der Waals surface area contributed by atoms with E-state index in [0.717, 1.165) is 5.69 Å². The number of hydroxylamine groups is 1. The van der Waals surface area contributed by atoms with Crippen molar-refractivity contribution in [3.63, 3.8) is 0 Å². The Labute approximate surface area is 167 Å². The first-order valence-corrected chi connectivity index (χ1v) is 9.26. The Kier molecular flexibility index (Phi) is 4.91. The zero-order chi connectivity index (χ0) is 20.4. The molecule has 1 N–H and O–H groups in total. The highest BCUT2D eigenvalue weighted by atomic mass is 19.1. The van der Waals surface area contributed by atoms with Gasteiger partial charge in [0.2, 0.25) is 5.82 Å². The highest BCUT2D eigenvalue weighted by Crippen LogP contribution is 2.35. The molecule has 2 aromatic rings. The molecule has 29 heavy (non-hydrogen) atoms. The first-order chi connectivity index (χ1) is 13.9. The van der Waals surface area contributed by atoms with E-state index in [-0.39, 0.29) is 11.5 Å². The number of benzene rings is 1. The SMILES string of the molecule is Cc1ccc([N+](=O)[O-])c(N2CCC3(C=C(C#Cc4ccc(F)cc4)NO3)CC2)n1. The van der Waals surface area contributed by atoms with Crippen LogP contribution in [0, 0.1) is 34.7 Å². The molecule has 148 valence electrons. The van der Waals surface area contributed by atoms with E-state index >= 15 is 0 Å². The molecule has 2 aliphatic heterocycles. The Morgan fingerprint density at radius 1 is 1.21 bits per heavy atom. The van der Waals surface area contributed by atoms with E-state index in [1.54, 1.807) is 18.2 Å². The molecular formula is C21H19FN4O3. The van der Waals surface area contributed by atoms with Crippen LogP contribution in [0.3, 0.4) is 0 Å². The van der Waals surface area contributed by atoms with Gasteiger partial charge in [-0.2, -0.15) is 0 Å². The van der Waals surface area contributed by atoms with Crippen LogP contribution in [-0.4, -0.2) is 28.6 Å². The van der Waals surface area contributed by atoms with E-state index < -0.39 is 10.5 Å². The topological polar surface area (TPSA) is 80.5 Å². The lowest BCUT2D eigenvalue weighted by Gasteiger charge is -2.36. The smallest absolute Gasteiger partial charge is 0.311 e. The molecule has 0 saturated carbocycles. The normalized spacial score (nSPS) is 17.3. The summed E-state index contributed by atoms with van der Waals surface area (Å²) in [6, 6.07) is 9.12. The number of hydrogen-bond donors (Lipinski definition) is 1. The van der Waals surface area contributed by atoms with Crippen molar-refractivity contribution in [2.24, 2.45) is 0 Å². The van der Waals surface area contributed by atoms with E-state index in [1.807, 2.05) is 17.9 Å². The molecule has 3 heterocycles.